The van der Waals surface area contributed by atoms with Gasteiger partial charge in [-0.15, -0.1) is 10.2 Å². The maximum Gasteiger partial charge on any atom is 0.169 e. The van der Waals surface area contributed by atoms with Crippen LogP contribution in [-0.4, -0.2) is 58.2 Å². The molecule has 1 aromatic heterocycles. The number of phenolic OH excluding ortho intramolecular Hbond substituents is 1. The largest absolute Gasteiger partial charge is 0.507 e. The number of ketones is 1. The molecule has 0 unspecified atom stereocenters. The third-order valence-corrected chi connectivity index (χ3v) is 5.67. The number of Topliss-reactive ketones (excluding diaryl/α,β-unsaturated/α-hetero) is 1. The number of rotatable bonds is 3. The molecule has 142 valence electrons. The molecule has 2 fully saturated rings. The van der Waals surface area contributed by atoms with Crippen LogP contribution in [0.1, 0.15) is 25.7 Å². The average molecular weight is 367 g/mol. The van der Waals surface area contributed by atoms with Gasteiger partial charge in [0.2, 0.25) is 0 Å². The van der Waals surface area contributed by atoms with Gasteiger partial charge in [0, 0.05) is 50.6 Å². The van der Waals surface area contributed by atoms with Gasteiger partial charge in [0.25, 0.3) is 0 Å². The monoisotopic (exact) mass is 367 g/mol. The van der Waals surface area contributed by atoms with Crippen molar-refractivity contribution in [2.45, 2.75) is 31.7 Å². The number of hydrogen-bond donors (Lipinski definition) is 2. The molecule has 0 bridgehead atoms. The van der Waals surface area contributed by atoms with Crippen molar-refractivity contribution in [2.24, 2.45) is 0 Å². The highest BCUT2D eigenvalue weighted by Crippen LogP contribution is 2.32. The Hall–Kier alpha value is -2.67. The first kappa shape index (κ1) is 17.7. The number of benzene rings is 1. The van der Waals surface area contributed by atoms with Gasteiger partial charge in [0.1, 0.15) is 11.5 Å². The smallest absolute Gasteiger partial charge is 0.169 e. The van der Waals surface area contributed by atoms with E-state index in [4.69, 9.17) is 5.73 Å². The van der Waals surface area contributed by atoms with E-state index in [9.17, 15) is 9.90 Å². The van der Waals surface area contributed by atoms with Crippen LogP contribution in [0, 0.1) is 0 Å². The lowest BCUT2D eigenvalue weighted by Gasteiger charge is -2.41. The third-order valence-electron chi connectivity index (χ3n) is 5.67. The summed E-state index contributed by atoms with van der Waals surface area (Å²) in [6, 6.07) is 9.53. The fraction of sp³-hybridized carbons (Fsp3) is 0.450. The van der Waals surface area contributed by atoms with Crippen molar-refractivity contribution in [3.8, 4) is 17.0 Å². The highest BCUT2D eigenvalue weighted by Gasteiger charge is 2.28. The van der Waals surface area contributed by atoms with Crippen molar-refractivity contribution in [3.63, 3.8) is 0 Å². The first-order valence-corrected chi connectivity index (χ1v) is 9.54. The molecule has 2 aliphatic rings. The standard InChI is InChI=1S/C20H25N5O2/c21-20-18(13-17(22-23-20)16-3-1-2-4-19(16)27)25-11-9-24(10-12-25)14-5-7-15(26)8-6-14/h1-4,13-14,27H,5-12H2,(H2,21,23). The van der Waals surface area contributed by atoms with Gasteiger partial charge in [-0.05, 0) is 31.0 Å². The minimum absolute atomic E-state index is 0.180. The van der Waals surface area contributed by atoms with E-state index in [1.54, 1.807) is 12.1 Å². The lowest BCUT2D eigenvalue weighted by Crippen LogP contribution is -2.51. The van der Waals surface area contributed by atoms with Crippen LogP contribution in [0.5, 0.6) is 5.75 Å². The first-order valence-electron chi connectivity index (χ1n) is 9.54. The van der Waals surface area contributed by atoms with E-state index in [0.717, 1.165) is 57.5 Å². The first-order chi connectivity index (χ1) is 13.1. The number of nitrogens with zero attached hydrogens (tertiary/aromatic N) is 4. The van der Waals surface area contributed by atoms with E-state index in [1.165, 1.54) is 0 Å². The number of para-hydroxylation sites is 1. The van der Waals surface area contributed by atoms with Gasteiger partial charge in [-0.3, -0.25) is 9.69 Å². The normalized spacial score (nSPS) is 19.4. The van der Waals surface area contributed by atoms with E-state index in [0.29, 0.717) is 28.9 Å². The van der Waals surface area contributed by atoms with Crippen LogP contribution in [0.4, 0.5) is 11.5 Å². The molecule has 1 aromatic carbocycles. The Labute approximate surface area is 158 Å². The van der Waals surface area contributed by atoms with Gasteiger partial charge >= 0.3 is 0 Å². The van der Waals surface area contributed by atoms with Gasteiger partial charge < -0.3 is 15.7 Å². The van der Waals surface area contributed by atoms with Crippen LogP contribution in [0.3, 0.4) is 0 Å². The zero-order chi connectivity index (χ0) is 18.8. The molecule has 0 amide bonds. The molecule has 0 atom stereocenters. The molecule has 2 aromatic rings. The Balaban J connectivity index is 1.47. The summed E-state index contributed by atoms with van der Waals surface area (Å²) in [7, 11) is 0. The molecular formula is C20H25N5O2. The zero-order valence-corrected chi connectivity index (χ0v) is 15.3. The number of nitrogens with two attached hydrogens (primary N) is 1. The summed E-state index contributed by atoms with van der Waals surface area (Å²) in [6.07, 6.45) is 3.40. The van der Waals surface area contributed by atoms with E-state index in [1.807, 2.05) is 18.2 Å². The fourth-order valence-electron chi connectivity index (χ4n) is 4.08. The van der Waals surface area contributed by atoms with Crippen LogP contribution < -0.4 is 10.6 Å². The predicted molar refractivity (Wildman–Crippen MR) is 105 cm³/mol. The summed E-state index contributed by atoms with van der Waals surface area (Å²) in [5.74, 6) is 0.988. The molecule has 1 aliphatic carbocycles. The second-order valence-corrected chi connectivity index (χ2v) is 7.31. The van der Waals surface area contributed by atoms with Gasteiger partial charge in [-0.25, -0.2) is 0 Å². The van der Waals surface area contributed by atoms with Crippen molar-refractivity contribution < 1.29 is 9.90 Å². The number of aromatic hydroxyl groups is 1. The Morgan fingerprint density at radius 2 is 1.74 bits per heavy atom. The van der Waals surface area contributed by atoms with Crippen LogP contribution in [0.25, 0.3) is 11.3 Å². The molecule has 1 saturated heterocycles. The molecule has 7 heteroatoms. The second-order valence-electron chi connectivity index (χ2n) is 7.31. The summed E-state index contributed by atoms with van der Waals surface area (Å²) in [5.41, 5.74) is 8.23. The molecule has 4 rings (SSSR count). The van der Waals surface area contributed by atoms with Crippen LogP contribution in [0.2, 0.25) is 0 Å². The molecule has 1 saturated carbocycles. The highest BCUT2D eigenvalue weighted by atomic mass is 16.3. The summed E-state index contributed by atoms with van der Waals surface area (Å²) in [4.78, 5) is 16.2. The Morgan fingerprint density at radius 3 is 2.44 bits per heavy atom. The average Bonchev–Trinajstić information content (AvgIpc) is 2.70. The van der Waals surface area contributed by atoms with Crippen molar-refractivity contribution in [2.75, 3.05) is 36.8 Å². The number of phenols is 1. The maximum absolute atomic E-state index is 11.5. The molecule has 1 aliphatic heterocycles. The third kappa shape index (κ3) is 3.73. The number of aromatic nitrogens is 2. The number of nitrogen functional groups attached to an aromatic ring is 1. The van der Waals surface area contributed by atoms with Gasteiger partial charge in [-0.2, -0.15) is 0 Å². The SMILES string of the molecule is Nc1nnc(-c2ccccc2O)cc1N1CCN(C2CCC(=O)CC2)CC1. The van der Waals surface area contributed by atoms with Gasteiger partial charge in [0.15, 0.2) is 5.82 Å². The zero-order valence-electron chi connectivity index (χ0n) is 15.3. The van der Waals surface area contributed by atoms with Crippen LogP contribution in [-0.2, 0) is 4.79 Å². The maximum atomic E-state index is 11.5. The van der Waals surface area contributed by atoms with Crippen molar-refractivity contribution in [3.05, 3.63) is 30.3 Å². The summed E-state index contributed by atoms with van der Waals surface area (Å²) in [5, 5.41) is 18.4. The molecular weight excluding hydrogens is 342 g/mol. The van der Waals surface area contributed by atoms with Crippen molar-refractivity contribution in [1.82, 2.24) is 15.1 Å². The van der Waals surface area contributed by atoms with E-state index >= 15 is 0 Å². The van der Waals surface area contributed by atoms with Crippen LogP contribution >= 0.6 is 0 Å². The van der Waals surface area contributed by atoms with E-state index in [2.05, 4.69) is 20.0 Å². The molecule has 3 N–H and O–H groups in total. The Morgan fingerprint density at radius 1 is 1.04 bits per heavy atom. The minimum atomic E-state index is 0.180. The number of carbonyl (C=O) groups excluding carboxylic acids is 1. The summed E-state index contributed by atoms with van der Waals surface area (Å²) >= 11 is 0. The Bertz CT molecular complexity index is 823. The van der Waals surface area contributed by atoms with Crippen molar-refractivity contribution >= 4 is 17.3 Å². The molecule has 0 radical (unpaired) electrons. The number of carbonyl (C=O) groups is 1. The van der Waals surface area contributed by atoms with E-state index in [-0.39, 0.29) is 5.75 Å². The number of hydrogen-bond acceptors (Lipinski definition) is 7. The molecule has 0 spiro atoms. The molecule has 27 heavy (non-hydrogen) atoms. The number of anilines is 2. The quantitative estimate of drug-likeness (QED) is 0.857. The highest BCUT2D eigenvalue weighted by molar-refractivity contribution is 5.79. The lowest BCUT2D eigenvalue weighted by atomic mass is 9.93. The molecule has 7 nitrogen and oxygen atoms in total. The van der Waals surface area contributed by atoms with Crippen LogP contribution in [0.15, 0.2) is 30.3 Å². The number of piperazine rings is 1. The summed E-state index contributed by atoms with van der Waals surface area (Å²) < 4.78 is 0. The minimum Gasteiger partial charge on any atom is -0.507 e. The van der Waals surface area contributed by atoms with Gasteiger partial charge in [0.05, 0.1) is 11.4 Å². The topological polar surface area (TPSA) is 95.6 Å². The lowest BCUT2D eigenvalue weighted by molar-refractivity contribution is -0.121. The van der Waals surface area contributed by atoms with Gasteiger partial charge in [-0.1, -0.05) is 12.1 Å². The predicted octanol–water partition coefficient (Wildman–Crippen LogP) is 2.07. The summed E-state index contributed by atoms with van der Waals surface area (Å²) in [6.45, 7) is 3.63. The van der Waals surface area contributed by atoms with Crippen molar-refractivity contribution in [1.29, 1.82) is 0 Å². The second kappa shape index (κ2) is 7.52. The fourth-order valence-corrected chi connectivity index (χ4v) is 4.08. The Kier molecular flexibility index (Phi) is 4.94. The van der Waals surface area contributed by atoms with E-state index < -0.39 is 0 Å². The molecule has 2 heterocycles.